The van der Waals surface area contributed by atoms with E-state index in [1.54, 1.807) is 5.56 Å². The second kappa shape index (κ2) is 10.4. The minimum absolute atomic E-state index is 0. The summed E-state index contributed by atoms with van der Waals surface area (Å²) in [6.07, 6.45) is 9.07. The molecule has 33 heavy (non-hydrogen) atoms. The monoisotopic (exact) mass is 486 g/mol. The van der Waals surface area contributed by atoms with Crippen LogP contribution < -0.4 is 5.32 Å². The summed E-state index contributed by atoms with van der Waals surface area (Å²) in [5, 5.41) is 3.59. The Kier molecular flexibility index (Phi) is 7.69. The zero-order valence-electron chi connectivity index (χ0n) is 19.2. The molecule has 2 bridgehead atoms. The van der Waals surface area contributed by atoms with Crippen molar-refractivity contribution in [2.45, 2.75) is 68.4 Å². The molecule has 4 nitrogen and oxygen atoms in total. The van der Waals surface area contributed by atoms with E-state index in [0.717, 1.165) is 30.7 Å². The van der Waals surface area contributed by atoms with Crippen LogP contribution in [0.5, 0.6) is 0 Å². The summed E-state index contributed by atoms with van der Waals surface area (Å²) in [6, 6.07) is 21.3. The molecule has 4 heterocycles. The molecule has 3 fully saturated rings. The third-order valence-electron chi connectivity index (χ3n) is 8.47. The molecule has 2 unspecified atom stereocenters. The maximum absolute atomic E-state index is 4.95. The van der Waals surface area contributed by atoms with E-state index in [1.165, 1.54) is 62.8 Å². The maximum atomic E-state index is 4.95. The number of imidazole rings is 1. The van der Waals surface area contributed by atoms with Gasteiger partial charge in [0.25, 0.3) is 0 Å². The largest absolute Gasteiger partial charge is 0.342 e. The molecule has 3 aliphatic heterocycles. The highest BCUT2D eigenvalue weighted by Gasteiger charge is 2.43. The van der Waals surface area contributed by atoms with E-state index in [9.17, 15) is 0 Å². The molecular formula is C27H36Cl2N4. The van der Waals surface area contributed by atoms with E-state index in [-0.39, 0.29) is 24.8 Å². The van der Waals surface area contributed by atoms with Crippen molar-refractivity contribution in [3.05, 3.63) is 66.0 Å². The van der Waals surface area contributed by atoms with Gasteiger partial charge in [0.15, 0.2) is 0 Å². The Morgan fingerprint density at radius 1 is 0.879 bits per heavy atom. The number of piperidine rings is 2. The SMILES string of the molecule is Cl.Cl.c1ccc(C2(CCN3C4CCC3CC(c3nc5ccccc5[nH]3)C4)CCNCC2)cc1. The molecule has 2 aromatic carbocycles. The van der Waals surface area contributed by atoms with Crippen LogP contribution in [0.2, 0.25) is 0 Å². The Bertz CT molecular complexity index is 984. The molecule has 0 amide bonds. The Balaban J connectivity index is 0.00000130. The van der Waals surface area contributed by atoms with Crippen LogP contribution in [0, 0.1) is 0 Å². The number of nitrogens with zero attached hydrogens (tertiary/aromatic N) is 2. The first-order valence-corrected chi connectivity index (χ1v) is 12.3. The molecule has 0 aliphatic carbocycles. The Hall–Kier alpha value is -1.59. The van der Waals surface area contributed by atoms with E-state index in [1.807, 2.05) is 0 Å². The molecule has 1 aromatic heterocycles. The molecule has 178 valence electrons. The van der Waals surface area contributed by atoms with Gasteiger partial charge in [0, 0.05) is 18.0 Å². The summed E-state index contributed by atoms with van der Waals surface area (Å²) < 4.78 is 0. The van der Waals surface area contributed by atoms with Crippen LogP contribution in [-0.2, 0) is 5.41 Å². The smallest absolute Gasteiger partial charge is 0.110 e. The van der Waals surface area contributed by atoms with Crippen molar-refractivity contribution < 1.29 is 0 Å². The van der Waals surface area contributed by atoms with Crippen molar-refractivity contribution in [3.63, 3.8) is 0 Å². The number of hydrogen-bond donors (Lipinski definition) is 2. The number of hydrogen-bond acceptors (Lipinski definition) is 3. The van der Waals surface area contributed by atoms with Crippen molar-refractivity contribution in [1.29, 1.82) is 0 Å². The average molecular weight is 488 g/mol. The molecule has 0 radical (unpaired) electrons. The standard InChI is InChI=1S/C27H34N4.2ClH/c1-2-6-21(7-3-1)27(12-15-28-16-13-27)14-17-31-22-10-11-23(31)19-20(18-22)26-29-24-8-4-5-9-25(24)30-26;;/h1-9,20,22-23,28H,10-19H2,(H,29,30);2*1H. The van der Waals surface area contributed by atoms with Gasteiger partial charge in [-0.05, 0) is 87.7 Å². The van der Waals surface area contributed by atoms with Gasteiger partial charge in [-0.2, -0.15) is 0 Å². The lowest BCUT2D eigenvalue weighted by atomic mass is 9.70. The molecule has 3 aliphatic rings. The third kappa shape index (κ3) is 4.68. The summed E-state index contributed by atoms with van der Waals surface area (Å²) in [5.41, 5.74) is 4.20. The Morgan fingerprint density at radius 3 is 2.24 bits per heavy atom. The number of para-hydroxylation sites is 2. The minimum atomic E-state index is 0. The second-order valence-electron chi connectivity index (χ2n) is 10.1. The molecule has 0 spiro atoms. The quantitative estimate of drug-likeness (QED) is 0.476. The fourth-order valence-electron chi connectivity index (χ4n) is 6.75. The lowest BCUT2D eigenvalue weighted by Crippen LogP contribution is -2.47. The van der Waals surface area contributed by atoms with Crippen LogP contribution in [0.15, 0.2) is 54.6 Å². The van der Waals surface area contributed by atoms with E-state index >= 15 is 0 Å². The van der Waals surface area contributed by atoms with Crippen LogP contribution in [-0.4, -0.2) is 46.6 Å². The fraction of sp³-hybridized carbons (Fsp3) is 0.519. The zero-order chi connectivity index (χ0) is 20.7. The molecule has 6 rings (SSSR count). The summed E-state index contributed by atoms with van der Waals surface area (Å²) in [7, 11) is 0. The number of H-pyrrole nitrogens is 1. The number of benzene rings is 2. The van der Waals surface area contributed by atoms with Gasteiger partial charge in [-0.3, -0.25) is 4.90 Å². The van der Waals surface area contributed by atoms with E-state index in [4.69, 9.17) is 4.98 Å². The van der Waals surface area contributed by atoms with Gasteiger partial charge in [0.05, 0.1) is 11.0 Å². The molecular weight excluding hydrogens is 451 g/mol. The van der Waals surface area contributed by atoms with Gasteiger partial charge in [0.2, 0.25) is 0 Å². The highest BCUT2D eigenvalue weighted by molar-refractivity contribution is 5.85. The first-order valence-electron chi connectivity index (χ1n) is 12.3. The number of fused-ring (bicyclic) bond motifs is 3. The van der Waals surface area contributed by atoms with Gasteiger partial charge in [-0.15, -0.1) is 24.8 Å². The minimum Gasteiger partial charge on any atom is -0.342 e. The molecule has 2 N–H and O–H groups in total. The highest BCUT2D eigenvalue weighted by Crippen LogP contribution is 2.44. The normalized spacial score (nSPS) is 26.5. The zero-order valence-corrected chi connectivity index (χ0v) is 20.8. The van der Waals surface area contributed by atoms with E-state index in [0.29, 0.717) is 11.3 Å². The van der Waals surface area contributed by atoms with Crippen molar-refractivity contribution in [2.24, 2.45) is 0 Å². The second-order valence-corrected chi connectivity index (χ2v) is 10.1. The predicted octanol–water partition coefficient (Wildman–Crippen LogP) is 5.83. The van der Waals surface area contributed by atoms with Crippen LogP contribution in [0.25, 0.3) is 11.0 Å². The van der Waals surface area contributed by atoms with Crippen molar-refractivity contribution in [3.8, 4) is 0 Å². The van der Waals surface area contributed by atoms with Crippen LogP contribution >= 0.6 is 24.8 Å². The topological polar surface area (TPSA) is 44.0 Å². The summed E-state index contributed by atoms with van der Waals surface area (Å²) in [6.45, 7) is 3.54. The van der Waals surface area contributed by atoms with Gasteiger partial charge >= 0.3 is 0 Å². The molecule has 3 saturated heterocycles. The van der Waals surface area contributed by atoms with Gasteiger partial charge in [-0.25, -0.2) is 4.98 Å². The van der Waals surface area contributed by atoms with Crippen LogP contribution in [0.3, 0.4) is 0 Å². The first kappa shape index (κ1) is 24.5. The van der Waals surface area contributed by atoms with Gasteiger partial charge in [-0.1, -0.05) is 42.5 Å². The van der Waals surface area contributed by atoms with Crippen LogP contribution in [0.4, 0.5) is 0 Å². The summed E-state index contributed by atoms with van der Waals surface area (Å²) >= 11 is 0. The number of halogens is 2. The van der Waals surface area contributed by atoms with Crippen molar-refractivity contribution in [1.82, 2.24) is 20.2 Å². The number of rotatable bonds is 5. The molecule has 0 saturated carbocycles. The lowest BCUT2D eigenvalue weighted by Gasteiger charge is -2.43. The molecule has 2 atom stereocenters. The number of aromatic amines is 1. The third-order valence-corrected chi connectivity index (χ3v) is 8.47. The number of nitrogens with one attached hydrogen (secondary N) is 2. The highest BCUT2D eigenvalue weighted by atomic mass is 35.5. The van der Waals surface area contributed by atoms with E-state index < -0.39 is 0 Å². The number of aromatic nitrogens is 2. The Labute approximate surface area is 209 Å². The molecule has 6 heteroatoms. The Morgan fingerprint density at radius 2 is 1.55 bits per heavy atom. The average Bonchev–Trinajstić information content (AvgIpc) is 3.36. The van der Waals surface area contributed by atoms with E-state index in [2.05, 4.69) is 69.8 Å². The predicted molar refractivity (Wildman–Crippen MR) is 141 cm³/mol. The lowest BCUT2D eigenvalue weighted by molar-refractivity contribution is 0.107. The van der Waals surface area contributed by atoms with Crippen molar-refractivity contribution in [2.75, 3.05) is 19.6 Å². The molecule has 3 aromatic rings. The summed E-state index contributed by atoms with van der Waals surface area (Å²) in [4.78, 5) is 11.5. The van der Waals surface area contributed by atoms with Crippen molar-refractivity contribution >= 4 is 35.8 Å². The van der Waals surface area contributed by atoms with Gasteiger partial charge in [0.1, 0.15) is 5.82 Å². The fourth-order valence-corrected chi connectivity index (χ4v) is 6.75. The van der Waals surface area contributed by atoms with Crippen LogP contribution in [0.1, 0.15) is 62.3 Å². The van der Waals surface area contributed by atoms with Gasteiger partial charge < -0.3 is 10.3 Å². The first-order chi connectivity index (χ1) is 15.3. The summed E-state index contributed by atoms with van der Waals surface area (Å²) in [5.74, 6) is 1.81. The maximum Gasteiger partial charge on any atom is 0.110 e.